The number of amides is 1. The number of carbonyl (C=O) groups is 1. The van der Waals surface area contributed by atoms with Gasteiger partial charge in [-0.15, -0.1) is 0 Å². The zero-order chi connectivity index (χ0) is 14.0. The number of hydrogen-bond donors (Lipinski definition) is 1. The van der Waals surface area contributed by atoms with Crippen LogP contribution in [0.2, 0.25) is 0 Å². The predicted octanol–water partition coefficient (Wildman–Crippen LogP) is 4.14. The van der Waals surface area contributed by atoms with E-state index in [9.17, 15) is 9.18 Å². The van der Waals surface area contributed by atoms with Gasteiger partial charge in [0, 0.05) is 6.04 Å². The summed E-state index contributed by atoms with van der Waals surface area (Å²) in [5.41, 5.74) is 0.366. The first-order valence-electron chi connectivity index (χ1n) is 6.75. The molecule has 19 heavy (non-hydrogen) atoms. The maximum Gasteiger partial charge on any atom is 0.252 e. The number of benzene rings is 1. The Morgan fingerprint density at radius 2 is 2.11 bits per heavy atom. The van der Waals surface area contributed by atoms with Gasteiger partial charge in [0.25, 0.3) is 5.91 Å². The summed E-state index contributed by atoms with van der Waals surface area (Å²) in [6.07, 6.45) is 3.36. The van der Waals surface area contributed by atoms with Crippen LogP contribution in [-0.2, 0) is 0 Å². The Hall–Kier alpha value is -0.900. The molecule has 0 saturated heterocycles. The van der Waals surface area contributed by atoms with Crippen LogP contribution in [0.3, 0.4) is 0 Å². The van der Waals surface area contributed by atoms with Crippen molar-refractivity contribution in [2.45, 2.75) is 39.2 Å². The average Bonchev–Trinajstić information content (AvgIpc) is 2.38. The third-order valence-corrected chi connectivity index (χ3v) is 5.03. The van der Waals surface area contributed by atoms with Crippen LogP contribution in [0.25, 0.3) is 0 Å². The van der Waals surface area contributed by atoms with E-state index in [4.69, 9.17) is 0 Å². The fourth-order valence-corrected chi connectivity index (χ4v) is 3.16. The number of halogens is 2. The molecule has 1 aromatic carbocycles. The first-order chi connectivity index (χ1) is 9.00. The zero-order valence-corrected chi connectivity index (χ0v) is 12.8. The summed E-state index contributed by atoms with van der Waals surface area (Å²) in [5, 5.41) is 3.05. The molecule has 0 spiro atoms. The second-order valence-electron chi connectivity index (χ2n) is 5.45. The van der Waals surface area contributed by atoms with Crippen LogP contribution in [0.4, 0.5) is 4.39 Å². The van der Waals surface area contributed by atoms with E-state index < -0.39 is 5.82 Å². The highest BCUT2D eigenvalue weighted by molar-refractivity contribution is 9.10. The molecule has 3 atom stereocenters. The molecule has 1 saturated carbocycles. The Kier molecular flexibility index (Phi) is 4.61. The lowest BCUT2D eigenvalue weighted by Gasteiger charge is -2.34. The maximum atomic E-state index is 13.4. The number of rotatable bonds is 2. The van der Waals surface area contributed by atoms with E-state index in [0.29, 0.717) is 17.4 Å². The van der Waals surface area contributed by atoms with Gasteiger partial charge in [0.1, 0.15) is 5.82 Å². The van der Waals surface area contributed by atoms with E-state index in [-0.39, 0.29) is 16.4 Å². The van der Waals surface area contributed by atoms with E-state index in [1.807, 2.05) is 0 Å². The van der Waals surface area contributed by atoms with Crippen molar-refractivity contribution >= 4 is 21.8 Å². The molecule has 1 N–H and O–H groups in total. The van der Waals surface area contributed by atoms with Crippen molar-refractivity contribution in [2.24, 2.45) is 11.8 Å². The standard InChI is InChI=1S/C15H19BrFNO/c1-9-5-3-8-13(10(9)2)18-15(19)11-6-4-7-12(17)14(11)16/h4,6-7,9-10,13H,3,5,8H2,1-2H3,(H,18,19). The van der Waals surface area contributed by atoms with Crippen molar-refractivity contribution < 1.29 is 9.18 Å². The molecule has 0 aliphatic heterocycles. The summed E-state index contributed by atoms with van der Waals surface area (Å²) >= 11 is 3.14. The normalized spacial score (nSPS) is 27.1. The molecular formula is C15H19BrFNO. The van der Waals surface area contributed by atoms with E-state index in [1.165, 1.54) is 12.5 Å². The predicted molar refractivity (Wildman–Crippen MR) is 77.5 cm³/mol. The van der Waals surface area contributed by atoms with Crippen LogP contribution >= 0.6 is 15.9 Å². The molecule has 1 aliphatic rings. The van der Waals surface area contributed by atoms with Gasteiger partial charge in [-0.3, -0.25) is 4.79 Å². The van der Waals surface area contributed by atoms with Crippen molar-refractivity contribution in [1.82, 2.24) is 5.32 Å². The highest BCUT2D eigenvalue weighted by Crippen LogP contribution is 2.30. The molecule has 2 rings (SSSR count). The molecule has 0 aromatic heterocycles. The number of nitrogens with one attached hydrogen (secondary N) is 1. The summed E-state index contributed by atoms with van der Waals surface area (Å²) in [6, 6.07) is 4.72. The minimum absolute atomic E-state index is 0.186. The van der Waals surface area contributed by atoms with Gasteiger partial charge in [0.15, 0.2) is 0 Å². The summed E-state index contributed by atoms with van der Waals surface area (Å²) in [4.78, 5) is 12.2. The summed E-state index contributed by atoms with van der Waals surface area (Å²) in [5.74, 6) is 0.482. The van der Waals surface area contributed by atoms with Crippen molar-refractivity contribution in [3.63, 3.8) is 0 Å². The molecular weight excluding hydrogens is 309 g/mol. The second-order valence-corrected chi connectivity index (χ2v) is 6.24. The van der Waals surface area contributed by atoms with E-state index in [0.717, 1.165) is 12.8 Å². The second kappa shape index (κ2) is 6.04. The van der Waals surface area contributed by atoms with E-state index in [1.54, 1.807) is 12.1 Å². The fourth-order valence-electron chi connectivity index (χ4n) is 2.71. The lowest BCUT2D eigenvalue weighted by molar-refractivity contribution is 0.0889. The number of carbonyl (C=O) groups excluding carboxylic acids is 1. The summed E-state index contributed by atoms with van der Waals surface area (Å²) in [6.45, 7) is 4.40. The molecule has 104 valence electrons. The topological polar surface area (TPSA) is 29.1 Å². The molecule has 0 bridgehead atoms. The molecule has 4 heteroatoms. The minimum atomic E-state index is -0.405. The molecule has 0 heterocycles. The summed E-state index contributed by atoms with van der Waals surface area (Å²) in [7, 11) is 0. The van der Waals surface area contributed by atoms with Gasteiger partial charge in [0.2, 0.25) is 0 Å². The highest BCUT2D eigenvalue weighted by atomic mass is 79.9. The zero-order valence-electron chi connectivity index (χ0n) is 11.2. The average molecular weight is 328 g/mol. The van der Waals surface area contributed by atoms with Gasteiger partial charge in [-0.1, -0.05) is 32.8 Å². The van der Waals surface area contributed by atoms with Crippen LogP contribution in [0.15, 0.2) is 22.7 Å². The molecule has 3 unspecified atom stereocenters. The smallest absolute Gasteiger partial charge is 0.252 e. The van der Waals surface area contributed by atoms with Gasteiger partial charge in [0.05, 0.1) is 10.0 Å². The SMILES string of the molecule is CC1CCCC(NC(=O)c2cccc(F)c2Br)C1C. The maximum absolute atomic E-state index is 13.4. The summed E-state index contributed by atoms with van der Waals surface area (Å²) < 4.78 is 13.7. The first kappa shape index (κ1) is 14.5. The minimum Gasteiger partial charge on any atom is -0.349 e. The lowest BCUT2D eigenvalue weighted by Crippen LogP contribution is -2.43. The van der Waals surface area contributed by atoms with Crippen molar-refractivity contribution in [3.8, 4) is 0 Å². The van der Waals surface area contributed by atoms with Gasteiger partial charge >= 0.3 is 0 Å². The fraction of sp³-hybridized carbons (Fsp3) is 0.533. The Morgan fingerprint density at radius 3 is 2.84 bits per heavy atom. The third kappa shape index (κ3) is 3.16. The van der Waals surface area contributed by atoms with Crippen LogP contribution in [-0.4, -0.2) is 11.9 Å². The van der Waals surface area contributed by atoms with Gasteiger partial charge in [-0.2, -0.15) is 0 Å². The molecule has 1 aromatic rings. The third-order valence-electron chi connectivity index (χ3n) is 4.22. The number of hydrogen-bond acceptors (Lipinski definition) is 1. The lowest BCUT2D eigenvalue weighted by atomic mass is 9.78. The van der Waals surface area contributed by atoms with E-state index in [2.05, 4.69) is 35.1 Å². The Balaban J connectivity index is 2.10. The van der Waals surface area contributed by atoms with Crippen molar-refractivity contribution in [3.05, 3.63) is 34.1 Å². The van der Waals surface area contributed by atoms with Crippen LogP contribution in [0, 0.1) is 17.7 Å². The largest absolute Gasteiger partial charge is 0.349 e. The van der Waals surface area contributed by atoms with Gasteiger partial charge < -0.3 is 5.32 Å². The first-order valence-corrected chi connectivity index (χ1v) is 7.55. The molecule has 1 amide bonds. The van der Waals surface area contributed by atoms with Crippen molar-refractivity contribution in [2.75, 3.05) is 0 Å². The van der Waals surface area contributed by atoms with Gasteiger partial charge in [-0.25, -0.2) is 4.39 Å². The molecule has 2 nitrogen and oxygen atoms in total. The van der Waals surface area contributed by atoms with Gasteiger partial charge in [-0.05, 0) is 46.3 Å². The quantitative estimate of drug-likeness (QED) is 0.868. The Morgan fingerprint density at radius 1 is 1.37 bits per heavy atom. The monoisotopic (exact) mass is 327 g/mol. The van der Waals surface area contributed by atoms with Crippen molar-refractivity contribution in [1.29, 1.82) is 0 Å². The van der Waals surface area contributed by atoms with Crippen LogP contribution in [0.5, 0.6) is 0 Å². The Labute approximate surface area is 121 Å². The van der Waals surface area contributed by atoms with E-state index >= 15 is 0 Å². The van der Waals surface area contributed by atoms with Crippen LogP contribution in [0.1, 0.15) is 43.5 Å². The molecule has 1 aliphatic carbocycles. The van der Waals surface area contributed by atoms with Crippen LogP contribution < -0.4 is 5.32 Å². The Bertz CT molecular complexity index is 477. The highest BCUT2D eigenvalue weighted by Gasteiger charge is 2.28. The molecule has 0 radical (unpaired) electrons. The molecule has 1 fully saturated rings.